The van der Waals surface area contributed by atoms with Crippen LogP contribution in [0.2, 0.25) is 0 Å². The first-order chi connectivity index (χ1) is 13.8. The second-order valence-corrected chi connectivity index (χ2v) is 10.5. The SMILES string of the molecule is C/C=C/CCC1CCC(C2CCC(C3CCC(COCCC)CC3)CC2)CC1. The van der Waals surface area contributed by atoms with E-state index in [0.29, 0.717) is 0 Å². The van der Waals surface area contributed by atoms with Gasteiger partial charge in [-0.2, -0.15) is 0 Å². The van der Waals surface area contributed by atoms with E-state index in [1.165, 1.54) is 51.4 Å². The minimum Gasteiger partial charge on any atom is -0.381 e. The van der Waals surface area contributed by atoms with Gasteiger partial charge in [0.1, 0.15) is 0 Å². The fourth-order valence-corrected chi connectivity index (χ4v) is 6.76. The molecule has 0 saturated heterocycles. The van der Waals surface area contributed by atoms with E-state index < -0.39 is 0 Å². The third-order valence-electron chi connectivity index (χ3n) is 8.61. The van der Waals surface area contributed by atoms with Gasteiger partial charge in [0.25, 0.3) is 0 Å². The summed E-state index contributed by atoms with van der Waals surface area (Å²) < 4.78 is 5.82. The van der Waals surface area contributed by atoms with Crippen molar-refractivity contribution in [2.75, 3.05) is 13.2 Å². The Morgan fingerprint density at radius 3 is 1.61 bits per heavy atom. The Morgan fingerprint density at radius 2 is 1.14 bits per heavy atom. The smallest absolute Gasteiger partial charge is 0.0494 e. The third kappa shape index (κ3) is 6.89. The summed E-state index contributed by atoms with van der Waals surface area (Å²) in [5.41, 5.74) is 0. The third-order valence-corrected chi connectivity index (χ3v) is 8.61. The standard InChI is InChI=1S/C27H48O/c1-3-5-6-7-22-8-12-24(13-9-22)26-16-18-27(19-17-26)25-14-10-23(11-15-25)21-28-20-4-2/h3,5,22-27H,4,6-21H2,1-2H3/b5-3+. The maximum atomic E-state index is 5.82. The highest BCUT2D eigenvalue weighted by atomic mass is 16.5. The maximum absolute atomic E-state index is 5.82. The fourth-order valence-electron chi connectivity index (χ4n) is 6.76. The van der Waals surface area contributed by atoms with Crippen molar-refractivity contribution in [1.29, 1.82) is 0 Å². The molecule has 0 aromatic rings. The van der Waals surface area contributed by atoms with E-state index in [4.69, 9.17) is 4.74 Å². The zero-order valence-electron chi connectivity index (χ0n) is 19.0. The van der Waals surface area contributed by atoms with Crippen LogP contribution in [0.3, 0.4) is 0 Å². The number of hydrogen-bond donors (Lipinski definition) is 0. The van der Waals surface area contributed by atoms with Crippen molar-refractivity contribution in [2.24, 2.45) is 35.5 Å². The van der Waals surface area contributed by atoms with Crippen LogP contribution in [-0.4, -0.2) is 13.2 Å². The van der Waals surface area contributed by atoms with Crippen LogP contribution in [0.4, 0.5) is 0 Å². The molecule has 1 nitrogen and oxygen atoms in total. The molecule has 0 bridgehead atoms. The normalized spacial score (nSPS) is 37.4. The topological polar surface area (TPSA) is 9.23 Å². The summed E-state index contributed by atoms with van der Waals surface area (Å²) in [5.74, 6) is 6.15. The van der Waals surface area contributed by atoms with Crippen LogP contribution in [0.1, 0.15) is 110 Å². The van der Waals surface area contributed by atoms with Crippen LogP contribution in [0.5, 0.6) is 0 Å². The fraction of sp³-hybridized carbons (Fsp3) is 0.926. The van der Waals surface area contributed by atoms with E-state index in [1.807, 2.05) is 0 Å². The van der Waals surface area contributed by atoms with Gasteiger partial charge < -0.3 is 4.74 Å². The molecule has 3 rings (SSSR count). The lowest BCUT2D eigenvalue weighted by atomic mass is 9.65. The van der Waals surface area contributed by atoms with Gasteiger partial charge in [-0.1, -0.05) is 31.9 Å². The van der Waals surface area contributed by atoms with Crippen molar-refractivity contribution in [1.82, 2.24) is 0 Å². The molecule has 3 saturated carbocycles. The minimum absolute atomic E-state index is 0.863. The lowest BCUT2D eigenvalue weighted by Crippen LogP contribution is -2.30. The Labute approximate surface area is 176 Å². The molecule has 0 amide bonds. The molecule has 0 radical (unpaired) electrons. The lowest BCUT2D eigenvalue weighted by molar-refractivity contribution is 0.0601. The molecule has 0 heterocycles. The summed E-state index contributed by atoms with van der Waals surface area (Å²) >= 11 is 0. The Morgan fingerprint density at radius 1 is 0.679 bits per heavy atom. The van der Waals surface area contributed by atoms with Gasteiger partial charge in [-0.3, -0.25) is 0 Å². The first kappa shape index (κ1) is 22.4. The van der Waals surface area contributed by atoms with Crippen molar-refractivity contribution in [2.45, 2.75) is 110 Å². The van der Waals surface area contributed by atoms with Crippen LogP contribution >= 0.6 is 0 Å². The highest BCUT2D eigenvalue weighted by Crippen LogP contribution is 2.46. The average molecular weight is 389 g/mol. The number of allylic oxidation sites excluding steroid dienone is 2. The van der Waals surface area contributed by atoms with Crippen molar-refractivity contribution in [3.8, 4) is 0 Å². The first-order valence-electron chi connectivity index (χ1n) is 13.0. The van der Waals surface area contributed by atoms with E-state index in [-0.39, 0.29) is 0 Å². The number of ether oxygens (including phenoxy) is 1. The monoisotopic (exact) mass is 388 g/mol. The molecular weight excluding hydrogens is 340 g/mol. The number of hydrogen-bond acceptors (Lipinski definition) is 1. The molecule has 3 aliphatic rings. The molecule has 0 aromatic heterocycles. The van der Waals surface area contributed by atoms with E-state index in [0.717, 1.165) is 55.1 Å². The quantitative estimate of drug-likeness (QED) is 0.286. The predicted octanol–water partition coefficient (Wildman–Crippen LogP) is 8.19. The highest BCUT2D eigenvalue weighted by molar-refractivity contribution is 4.86. The maximum Gasteiger partial charge on any atom is 0.0494 e. The van der Waals surface area contributed by atoms with E-state index in [9.17, 15) is 0 Å². The molecule has 0 N–H and O–H groups in total. The van der Waals surface area contributed by atoms with Gasteiger partial charge in [0.2, 0.25) is 0 Å². The van der Waals surface area contributed by atoms with Gasteiger partial charge in [0.05, 0.1) is 0 Å². The van der Waals surface area contributed by atoms with Crippen molar-refractivity contribution >= 4 is 0 Å². The molecule has 28 heavy (non-hydrogen) atoms. The Balaban J connectivity index is 1.30. The van der Waals surface area contributed by atoms with Crippen molar-refractivity contribution < 1.29 is 4.74 Å². The van der Waals surface area contributed by atoms with E-state index in [1.54, 1.807) is 38.5 Å². The Kier molecular flexibility index (Phi) is 9.92. The number of rotatable bonds is 9. The van der Waals surface area contributed by atoms with Gasteiger partial charge in [-0.25, -0.2) is 0 Å². The predicted molar refractivity (Wildman–Crippen MR) is 122 cm³/mol. The van der Waals surface area contributed by atoms with E-state index in [2.05, 4.69) is 26.0 Å². The second-order valence-electron chi connectivity index (χ2n) is 10.5. The summed E-state index contributed by atoms with van der Waals surface area (Å²) in [6.45, 7) is 6.36. The van der Waals surface area contributed by atoms with Gasteiger partial charge >= 0.3 is 0 Å². The summed E-state index contributed by atoms with van der Waals surface area (Å²) in [5, 5.41) is 0. The minimum atomic E-state index is 0.863. The highest BCUT2D eigenvalue weighted by Gasteiger charge is 2.34. The second kappa shape index (κ2) is 12.4. The molecule has 0 spiro atoms. The summed E-state index contributed by atoms with van der Waals surface area (Å²) in [6.07, 6.45) is 26.7. The molecule has 3 fully saturated rings. The summed E-state index contributed by atoms with van der Waals surface area (Å²) in [7, 11) is 0. The first-order valence-corrected chi connectivity index (χ1v) is 13.0. The molecule has 0 atom stereocenters. The largest absolute Gasteiger partial charge is 0.381 e. The van der Waals surface area contributed by atoms with Crippen LogP contribution in [0, 0.1) is 35.5 Å². The summed E-state index contributed by atoms with van der Waals surface area (Å²) in [6, 6.07) is 0. The Bertz CT molecular complexity index is 418. The Hall–Kier alpha value is -0.300. The average Bonchev–Trinajstić information content (AvgIpc) is 2.75. The molecule has 3 aliphatic carbocycles. The molecule has 0 unspecified atom stereocenters. The molecular formula is C27H48O. The van der Waals surface area contributed by atoms with Crippen molar-refractivity contribution in [3.05, 3.63) is 12.2 Å². The molecule has 0 aliphatic heterocycles. The van der Waals surface area contributed by atoms with Gasteiger partial charge in [-0.15, -0.1) is 0 Å². The van der Waals surface area contributed by atoms with E-state index >= 15 is 0 Å². The van der Waals surface area contributed by atoms with Crippen molar-refractivity contribution in [3.63, 3.8) is 0 Å². The summed E-state index contributed by atoms with van der Waals surface area (Å²) in [4.78, 5) is 0. The van der Waals surface area contributed by atoms with Gasteiger partial charge in [0, 0.05) is 13.2 Å². The van der Waals surface area contributed by atoms with Gasteiger partial charge in [-0.05, 0) is 126 Å². The van der Waals surface area contributed by atoms with Crippen LogP contribution < -0.4 is 0 Å². The van der Waals surface area contributed by atoms with Gasteiger partial charge in [0.15, 0.2) is 0 Å². The van der Waals surface area contributed by atoms with Crippen LogP contribution in [0.15, 0.2) is 12.2 Å². The van der Waals surface area contributed by atoms with Crippen LogP contribution in [0.25, 0.3) is 0 Å². The molecule has 0 aromatic carbocycles. The molecule has 1 heteroatoms. The van der Waals surface area contributed by atoms with Crippen LogP contribution in [-0.2, 0) is 4.74 Å². The zero-order chi connectivity index (χ0) is 19.6. The lowest BCUT2D eigenvalue weighted by Gasteiger charge is -2.41. The zero-order valence-corrected chi connectivity index (χ0v) is 19.0. The molecule has 162 valence electrons.